The molecule has 0 radical (unpaired) electrons. The van der Waals surface area contributed by atoms with Crippen LogP contribution >= 0.6 is 0 Å². The Morgan fingerprint density at radius 1 is 1.33 bits per heavy atom. The maximum Gasteiger partial charge on any atom is 0.317 e. The Balaban J connectivity index is 2.58. The predicted octanol–water partition coefficient (Wildman–Crippen LogP) is 2.61. The van der Waals surface area contributed by atoms with Crippen molar-refractivity contribution in [3.8, 4) is 0 Å². The lowest BCUT2D eigenvalue weighted by Gasteiger charge is -2.27. The smallest absolute Gasteiger partial charge is 0.317 e. The summed E-state index contributed by atoms with van der Waals surface area (Å²) >= 11 is 0. The largest absolute Gasteiger partial charge is 0.481 e. The summed E-state index contributed by atoms with van der Waals surface area (Å²) in [6.45, 7) is 4.15. The van der Waals surface area contributed by atoms with Gasteiger partial charge in [0.1, 0.15) is 5.82 Å². The van der Waals surface area contributed by atoms with Crippen LogP contribution in [0.15, 0.2) is 24.3 Å². The lowest BCUT2D eigenvalue weighted by atomic mass is 10.2. The maximum absolute atomic E-state index is 13.6. The molecule has 21 heavy (non-hydrogen) atoms. The molecule has 116 valence electrons. The van der Waals surface area contributed by atoms with E-state index in [2.05, 4.69) is 5.32 Å². The minimum absolute atomic E-state index is 0.00920. The fourth-order valence-corrected chi connectivity index (χ4v) is 1.84. The molecule has 0 saturated heterocycles. The van der Waals surface area contributed by atoms with Gasteiger partial charge in [0.25, 0.3) is 0 Å². The summed E-state index contributed by atoms with van der Waals surface area (Å²) in [6, 6.07) is 5.91. The van der Waals surface area contributed by atoms with E-state index in [9.17, 15) is 14.0 Å². The summed E-state index contributed by atoms with van der Waals surface area (Å²) in [5.41, 5.74) is 0.451. The third kappa shape index (κ3) is 5.81. The minimum Gasteiger partial charge on any atom is -0.481 e. The first-order valence-corrected chi connectivity index (χ1v) is 6.91. The molecular formula is C15H21FN2O3. The van der Waals surface area contributed by atoms with Gasteiger partial charge in [-0.15, -0.1) is 0 Å². The van der Waals surface area contributed by atoms with E-state index in [1.807, 2.05) is 13.8 Å². The molecule has 0 spiro atoms. The molecule has 2 amide bonds. The van der Waals surface area contributed by atoms with Gasteiger partial charge >= 0.3 is 12.0 Å². The summed E-state index contributed by atoms with van der Waals surface area (Å²) < 4.78 is 13.6. The van der Waals surface area contributed by atoms with E-state index in [4.69, 9.17) is 5.11 Å². The Kier molecular flexibility index (Phi) is 6.65. The van der Waals surface area contributed by atoms with Crippen molar-refractivity contribution in [3.05, 3.63) is 35.6 Å². The van der Waals surface area contributed by atoms with Crippen LogP contribution in [0, 0.1) is 5.82 Å². The van der Waals surface area contributed by atoms with Gasteiger partial charge in [-0.1, -0.05) is 18.2 Å². The van der Waals surface area contributed by atoms with Crippen LogP contribution in [0.1, 0.15) is 32.3 Å². The zero-order valence-corrected chi connectivity index (χ0v) is 12.3. The first kappa shape index (κ1) is 16.9. The van der Waals surface area contributed by atoms with Crippen molar-refractivity contribution in [3.63, 3.8) is 0 Å². The normalized spacial score (nSPS) is 10.5. The van der Waals surface area contributed by atoms with Gasteiger partial charge in [0.05, 0.1) is 6.54 Å². The number of halogens is 1. The molecule has 0 bridgehead atoms. The zero-order chi connectivity index (χ0) is 15.8. The molecule has 0 aliphatic carbocycles. The van der Waals surface area contributed by atoms with Crippen LogP contribution in [0.3, 0.4) is 0 Å². The van der Waals surface area contributed by atoms with Gasteiger partial charge in [-0.05, 0) is 26.3 Å². The molecule has 0 unspecified atom stereocenters. The molecule has 0 fully saturated rings. The van der Waals surface area contributed by atoms with E-state index < -0.39 is 5.97 Å². The summed E-state index contributed by atoms with van der Waals surface area (Å²) in [6.07, 6.45) is 0.377. The van der Waals surface area contributed by atoms with Crippen LogP contribution in [0.5, 0.6) is 0 Å². The van der Waals surface area contributed by atoms with Crippen LogP contribution in [0.2, 0.25) is 0 Å². The van der Waals surface area contributed by atoms with Crippen molar-refractivity contribution in [2.45, 2.75) is 39.3 Å². The van der Waals surface area contributed by atoms with Gasteiger partial charge in [0.15, 0.2) is 0 Å². The Morgan fingerprint density at radius 3 is 2.57 bits per heavy atom. The van der Waals surface area contributed by atoms with Crippen LogP contribution < -0.4 is 5.32 Å². The van der Waals surface area contributed by atoms with Gasteiger partial charge in [-0.25, -0.2) is 9.18 Å². The fourth-order valence-electron chi connectivity index (χ4n) is 1.84. The number of carbonyl (C=O) groups excluding carboxylic acids is 1. The topological polar surface area (TPSA) is 69.6 Å². The molecular weight excluding hydrogens is 275 g/mol. The monoisotopic (exact) mass is 296 g/mol. The van der Waals surface area contributed by atoms with Gasteiger partial charge in [0.2, 0.25) is 0 Å². The number of carboxylic acid groups (broad SMARTS) is 1. The number of amides is 2. The highest BCUT2D eigenvalue weighted by molar-refractivity contribution is 5.74. The van der Waals surface area contributed by atoms with E-state index in [1.165, 1.54) is 11.0 Å². The predicted molar refractivity (Wildman–Crippen MR) is 77.3 cm³/mol. The highest BCUT2D eigenvalue weighted by Gasteiger charge is 2.18. The van der Waals surface area contributed by atoms with Gasteiger partial charge in [0, 0.05) is 24.6 Å². The molecule has 0 aromatic heterocycles. The summed E-state index contributed by atoms with van der Waals surface area (Å²) in [5.74, 6) is -1.24. The average molecular weight is 296 g/mol. The van der Waals surface area contributed by atoms with Gasteiger partial charge < -0.3 is 15.3 Å². The number of hydrogen-bond donors (Lipinski definition) is 2. The Hall–Kier alpha value is -2.11. The molecule has 0 atom stereocenters. The van der Waals surface area contributed by atoms with Crippen molar-refractivity contribution < 1.29 is 19.1 Å². The van der Waals surface area contributed by atoms with E-state index in [0.717, 1.165) is 0 Å². The SMILES string of the molecule is CC(C)N(Cc1ccccc1F)C(=O)NCCCC(=O)O. The first-order valence-electron chi connectivity index (χ1n) is 6.91. The number of rotatable bonds is 7. The third-order valence-electron chi connectivity index (χ3n) is 3.03. The van der Waals surface area contributed by atoms with Crippen LogP contribution in [0.25, 0.3) is 0 Å². The third-order valence-corrected chi connectivity index (χ3v) is 3.03. The second-order valence-corrected chi connectivity index (χ2v) is 5.04. The number of aliphatic carboxylic acids is 1. The zero-order valence-electron chi connectivity index (χ0n) is 12.3. The van der Waals surface area contributed by atoms with E-state index in [1.54, 1.807) is 18.2 Å². The number of nitrogens with zero attached hydrogens (tertiary/aromatic N) is 1. The fraction of sp³-hybridized carbons (Fsp3) is 0.467. The van der Waals surface area contributed by atoms with Gasteiger partial charge in [-0.2, -0.15) is 0 Å². The van der Waals surface area contributed by atoms with Crippen molar-refractivity contribution in [2.75, 3.05) is 6.54 Å². The quantitative estimate of drug-likeness (QED) is 0.760. The molecule has 1 aromatic carbocycles. The molecule has 2 N–H and O–H groups in total. The molecule has 1 aromatic rings. The number of hydrogen-bond acceptors (Lipinski definition) is 2. The molecule has 0 aliphatic heterocycles. The minimum atomic E-state index is -0.892. The lowest BCUT2D eigenvalue weighted by Crippen LogP contribution is -2.44. The standard InChI is InChI=1S/C15H21FN2O3/c1-11(2)18(10-12-6-3-4-7-13(12)16)15(21)17-9-5-8-14(19)20/h3-4,6-7,11H,5,8-10H2,1-2H3,(H,17,21)(H,19,20). The Labute approximate surface area is 123 Å². The van der Waals surface area contributed by atoms with Crippen molar-refractivity contribution in [1.29, 1.82) is 0 Å². The van der Waals surface area contributed by atoms with Crippen LogP contribution in [0.4, 0.5) is 9.18 Å². The van der Waals surface area contributed by atoms with Crippen molar-refractivity contribution in [2.24, 2.45) is 0 Å². The number of nitrogens with one attached hydrogen (secondary N) is 1. The van der Waals surface area contributed by atoms with Crippen LogP contribution in [-0.4, -0.2) is 34.6 Å². The number of carboxylic acids is 1. The number of urea groups is 1. The highest BCUT2D eigenvalue weighted by Crippen LogP contribution is 2.12. The molecule has 0 heterocycles. The summed E-state index contributed by atoms with van der Waals surface area (Å²) in [5, 5.41) is 11.2. The van der Waals surface area contributed by atoms with E-state index in [0.29, 0.717) is 12.0 Å². The van der Waals surface area contributed by atoms with E-state index in [-0.39, 0.29) is 37.4 Å². The first-order chi connectivity index (χ1) is 9.91. The Bertz CT molecular complexity index is 492. The molecule has 5 nitrogen and oxygen atoms in total. The van der Waals surface area contributed by atoms with Gasteiger partial charge in [-0.3, -0.25) is 4.79 Å². The second-order valence-electron chi connectivity index (χ2n) is 5.04. The average Bonchev–Trinajstić information content (AvgIpc) is 2.41. The summed E-state index contributed by atoms with van der Waals surface area (Å²) in [7, 11) is 0. The molecule has 0 saturated carbocycles. The highest BCUT2D eigenvalue weighted by atomic mass is 19.1. The number of benzene rings is 1. The van der Waals surface area contributed by atoms with Crippen molar-refractivity contribution >= 4 is 12.0 Å². The number of carbonyl (C=O) groups is 2. The summed E-state index contributed by atoms with van der Waals surface area (Å²) in [4.78, 5) is 24.0. The van der Waals surface area contributed by atoms with Crippen molar-refractivity contribution in [1.82, 2.24) is 10.2 Å². The van der Waals surface area contributed by atoms with Crippen LogP contribution in [-0.2, 0) is 11.3 Å². The molecule has 0 aliphatic rings. The second kappa shape index (κ2) is 8.24. The maximum atomic E-state index is 13.6. The Morgan fingerprint density at radius 2 is 2.00 bits per heavy atom. The van der Waals surface area contributed by atoms with E-state index >= 15 is 0 Å². The molecule has 1 rings (SSSR count). The lowest BCUT2D eigenvalue weighted by molar-refractivity contribution is -0.137. The molecule has 6 heteroatoms.